The Balaban J connectivity index is 3.15. The second kappa shape index (κ2) is 8.27. The first-order valence-electron chi connectivity index (χ1n) is 4.10. The van der Waals surface area contributed by atoms with Gasteiger partial charge in [-0.3, -0.25) is 0 Å². The Morgan fingerprint density at radius 1 is 1.42 bits per heavy atom. The Labute approximate surface area is 73.4 Å². The number of ether oxygens (including phenoxy) is 2. The molecule has 12 heavy (non-hydrogen) atoms. The summed E-state index contributed by atoms with van der Waals surface area (Å²) < 4.78 is 9.36. The van der Waals surface area contributed by atoms with Gasteiger partial charge in [0.05, 0.1) is 13.7 Å². The number of methoxy groups -OCH3 is 1. The molecule has 0 aliphatic rings. The molecule has 0 saturated heterocycles. The number of unbranched alkanes of at least 4 members (excludes halogenated alkanes) is 1. The van der Waals surface area contributed by atoms with Crippen LogP contribution in [0, 0.1) is 0 Å². The number of allylic oxidation sites excluding steroid dienone is 1. The number of esters is 1. The van der Waals surface area contributed by atoms with E-state index in [1.165, 1.54) is 7.11 Å². The molecular weight excluding hydrogens is 156 g/mol. The number of hydrogen-bond acceptors (Lipinski definition) is 3. The van der Waals surface area contributed by atoms with Gasteiger partial charge in [-0.15, -0.1) is 0 Å². The van der Waals surface area contributed by atoms with Gasteiger partial charge in [0.2, 0.25) is 0 Å². The maximum Gasteiger partial charge on any atom is 0.331 e. The summed E-state index contributed by atoms with van der Waals surface area (Å²) in [6.45, 7) is 2.63. The van der Waals surface area contributed by atoms with Crippen LogP contribution in [0.3, 0.4) is 0 Å². The Morgan fingerprint density at radius 2 is 2.17 bits per heavy atom. The Kier molecular flexibility index (Phi) is 7.70. The fraction of sp³-hybridized carbons (Fsp3) is 0.667. The highest BCUT2D eigenvalue weighted by atomic mass is 16.6. The molecule has 0 amide bonds. The van der Waals surface area contributed by atoms with E-state index < -0.39 is 0 Å². The van der Waals surface area contributed by atoms with Crippen LogP contribution in [0.4, 0.5) is 0 Å². The molecule has 0 aliphatic carbocycles. The van der Waals surface area contributed by atoms with Crippen molar-refractivity contribution in [2.45, 2.75) is 19.8 Å². The second-order valence-corrected chi connectivity index (χ2v) is 2.35. The fourth-order valence-electron chi connectivity index (χ4n) is 0.622. The van der Waals surface area contributed by atoms with Crippen molar-refractivity contribution in [1.29, 1.82) is 0 Å². The molecule has 3 nitrogen and oxygen atoms in total. The minimum absolute atomic E-state index is 0.0347. The molecule has 3 heteroatoms. The number of hydrogen-bond donors (Lipinski definition) is 0. The van der Waals surface area contributed by atoms with Crippen LogP contribution in [0.25, 0.3) is 0 Å². The molecular formula is C9H16O3. The summed E-state index contributed by atoms with van der Waals surface area (Å²) in [5.74, 6) is -0.334. The van der Waals surface area contributed by atoms with Gasteiger partial charge in [0.1, 0.15) is 6.61 Å². The summed E-state index contributed by atoms with van der Waals surface area (Å²) in [6.07, 6.45) is 6.14. The van der Waals surface area contributed by atoms with Crippen molar-refractivity contribution in [2.75, 3.05) is 20.3 Å². The third-order valence-electron chi connectivity index (χ3n) is 1.28. The first-order chi connectivity index (χ1) is 5.81. The van der Waals surface area contributed by atoms with Crippen molar-refractivity contribution in [1.82, 2.24) is 0 Å². The van der Waals surface area contributed by atoms with Crippen LogP contribution in [0.15, 0.2) is 12.2 Å². The van der Waals surface area contributed by atoms with Crippen molar-refractivity contribution in [3.8, 4) is 0 Å². The van der Waals surface area contributed by atoms with Gasteiger partial charge >= 0.3 is 5.97 Å². The van der Waals surface area contributed by atoms with E-state index in [1.807, 2.05) is 12.2 Å². The lowest BCUT2D eigenvalue weighted by molar-refractivity contribution is -0.145. The van der Waals surface area contributed by atoms with Gasteiger partial charge in [0, 0.05) is 0 Å². The molecule has 0 fully saturated rings. The van der Waals surface area contributed by atoms with E-state index >= 15 is 0 Å². The van der Waals surface area contributed by atoms with Crippen molar-refractivity contribution >= 4 is 5.97 Å². The molecule has 0 heterocycles. The monoisotopic (exact) mass is 172 g/mol. The van der Waals surface area contributed by atoms with Crippen molar-refractivity contribution in [3.05, 3.63) is 12.2 Å². The van der Waals surface area contributed by atoms with E-state index in [1.54, 1.807) is 0 Å². The molecule has 0 radical (unpaired) electrons. The van der Waals surface area contributed by atoms with E-state index in [-0.39, 0.29) is 12.6 Å². The van der Waals surface area contributed by atoms with Crippen LogP contribution in [0.5, 0.6) is 0 Å². The molecule has 0 N–H and O–H groups in total. The predicted octanol–water partition coefficient (Wildman–Crippen LogP) is 1.53. The minimum Gasteiger partial charge on any atom is -0.467 e. The van der Waals surface area contributed by atoms with Gasteiger partial charge < -0.3 is 9.47 Å². The van der Waals surface area contributed by atoms with E-state index in [4.69, 9.17) is 4.74 Å². The van der Waals surface area contributed by atoms with E-state index in [2.05, 4.69) is 11.7 Å². The molecule has 0 bridgehead atoms. The van der Waals surface area contributed by atoms with Crippen molar-refractivity contribution in [3.63, 3.8) is 0 Å². The van der Waals surface area contributed by atoms with E-state index in [9.17, 15) is 4.79 Å². The zero-order chi connectivity index (χ0) is 9.23. The van der Waals surface area contributed by atoms with Crippen LogP contribution in [0.2, 0.25) is 0 Å². The Hall–Kier alpha value is -0.830. The predicted molar refractivity (Wildman–Crippen MR) is 46.9 cm³/mol. The van der Waals surface area contributed by atoms with Gasteiger partial charge in [0.15, 0.2) is 0 Å². The molecule has 0 saturated carbocycles. The summed E-state index contributed by atoms with van der Waals surface area (Å²) in [4.78, 5) is 10.5. The second-order valence-electron chi connectivity index (χ2n) is 2.35. The summed E-state index contributed by atoms with van der Waals surface area (Å²) in [6, 6.07) is 0. The Bertz CT molecular complexity index is 141. The summed E-state index contributed by atoms with van der Waals surface area (Å²) >= 11 is 0. The molecule has 0 rings (SSSR count). The third-order valence-corrected chi connectivity index (χ3v) is 1.28. The fourth-order valence-corrected chi connectivity index (χ4v) is 0.622. The molecule has 0 aromatic carbocycles. The molecule has 0 spiro atoms. The molecule has 0 aliphatic heterocycles. The highest BCUT2D eigenvalue weighted by Gasteiger charge is 1.96. The van der Waals surface area contributed by atoms with Gasteiger partial charge in [-0.2, -0.15) is 0 Å². The lowest BCUT2D eigenvalue weighted by Gasteiger charge is -1.97. The SMILES string of the molecule is CCC/C=C/COCC(=O)OC. The quantitative estimate of drug-likeness (QED) is 0.346. The van der Waals surface area contributed by atoms with E-state index in [0.717, 1.165) is 12.8 Å². The van der Waals surface area contributed by atoms with Crippen LogP contribution < -0.4 is 0 Å². The van der Waals surface area contributed by atoms with Gasteiger partial charge in [-0.1, -0.05) is 25.5 Å². The highest BCUT2D eigenvalue weighted by molar-refractivity contribution is 5.70. The maximum atomic E-state index is 10.5. The minimum atomic E-state index is -0.334. The average molecular weight is 172 g/mol. The van der Waals surface area contributed by atoms with Crippen molar-refractivity contribution < 1.29 is 14.3 Å². The zero-order valence-corrected chi connectivity index (χ0v) is 7.71. The van der Waals surface area contributed by atoms with Crippen LogP contribution in [0.1, 0.15) is 19.8 Å². The number of carbonyl (C=O) groups is 1. The smallest absolute Gasteiger partial charge is 0.331 e. The molecule has 70 valence electrons. The molecule has 0 unspecified atom stereocenters. The lowest BCUT2D eigenvalue weighted by atomic mass is 10.3. The van der Waals surface area contributed by atoms with Gasteiger partial charge in [-0.25, -0.2) is 4.79 Å². The molecule has 0 aromatic heterocycles. The number of rotatable bonds is 6. The normalized spacial score (nSPS) is 10.5. The maximum absolute atomic E-state index is 10.5. The highest BCUT2D eigenvalue weighted by Crippen LogP contribution is 1.88. The van der Waals surface area contributed by atoms with Gasteiger partial charge in [-0.05, 0) is 6.42 Å². The van der Waals surface area contributed by atoms with Crippen LogP contribution >= 0.6 is 0 Å². The van der Waals surface area contributed by atoms with Gasteiger partial charge in [0.25, 0.3) is 0 Å². The van der Waals surface area contributed by atoms with Crippen LogP contribution in [-0.4, -0.2) is 26.3 Å². The summed E-state index contributed by atoms with van der Waals surface area (Å²) in [7, 11) is 1.35. The first kappa shape index (κ1) is 11.2. The average Bonchev–Trinajstić information content (AvgIpc) is 2.10. The first-order valence-corrected chi connectivity index (χ1v) is 4.10. The molecule has 0 aromatic rings. The number of carbonyl (C=O) groups excluding carboxylic acids is 1. The van der Waals surface area contributed by atoms with Crippen LogP contribution in [-0.2, 0) is 14.3 Å². The Morgan fingerprint density at radius 3 is 2.75 bits per heavy atom. The van der Waals surface area contributed by atoms with E-state index in [0.29, 0.717) is 6.61 Å². The summed E-state index contributed by atoms with van der Waals surface area (Å²) in [5.41, 5.74) is 0. The zero-order valence-electron chi connectivity index (χ0n) is 7.71. The van der Waals surface area contributed by atoms with Crippen molar-refractivity contribution in [2.24, 2.45) is 0 Å². The molecule has 0 atom stereocenters. The largest absolute Gasteiger partial charge is 0.467 e. The topological polar surface area (TPSA) is 35.5 Å². The third kappa shape index (κ3) is 7.28. The standard InChI is InChI=1S/C9H16O3/c1-3-4-5-6-7-12-8-9(10)11-2/h5-6H,3-4,7-8H2,1-2H3/b6-5+. The summed E-state index contributed by atoms with van der Waals surface area (Å²) in [5, 5.41) is 0. The lowest BCUT2D eigenvalue weighted by Crippen LogP contribution is -2.09.